The van der Waals surface area contributed by atoms with Gasteiger partial charge in [0.2, 0.25) is 5.91 Å². The van der Waals surface area contributed by atoms with E-state index in [1.165, 1.54) is 12.1 Å². The maximum absolute atomic E-state index is 12.9. The zero-order valence-corrected chi connectivity index (χ0v) is 13.5. The molecular formula is C18H15ClFN3O. The van der Waals surface area contributed by atoms with Crippen LogP contribution in [0.3, 0.4) is 0 Å². The van der Waals surface area contributed by atoms with Crippen LogP contribution in [0.25, 0.3) is 0 Å². The molecule has 0 saturated heterocycles. The summed E-state index contributed by atoms with van der Waals surface area (Å²) in [6.45, 7) is 0.457. The van der Waals surface area contributed by atoms with Crippen LogP contribution >= 0.6 is 11.6 Å². The molecule has 0 bridgehead atoms. The number of amides is 1. The molecule has 0 spiro atoms. The largest absolute Gasteiger partial charge is 0.311 e. The summed E-state index contributed by atoms with van der Waals surface area (Å²) in [6.07, 6.45) is 1.78. The Morgan fingerprint density at radius 2 is 1.88 bits per heavy atom. The zero-order chi connectivity index (χ0) is 16.9. The number of carbonyl (C=O) groups is 1. The van der Waals surface area contributed by atoms with Gasteiger partial charge in [0.1, 0.15) is 11.6 Å². The minimum atomic E-state index is -0.322. The average molecular weight is 344 g/mol. The molecule has 24 heavy (non-hydrogen) atoms. The predicted molar refractivity (Wildman–Crippen MR) is 91.5 cm³/mol. The van der Waals surface area contributed by atoms with Gasteiger partial charge in [0, 0.05) is 11.1 Å². The van der Waals surface area contributed by atoms with E-state index in [2.05, 4.69) is 10.4 Å². The van der Waals surface area contributed by atoms with Gasteiger partial charge in [0.05, 0.1) is 19.2 Å². The second kappa shape index (κ2) is 7.27. The topological polar surface area (TPSA) is 46.9 Å². The number of nitrogens with zero attached hydrogens (tertiary/aromatic N) is 2. The van der Waals surface area contributed by atoms with Crippen molar-refractivity contribution in [1.29, 1.82) is 0 Å². The number of aromatic nitrogens is 2. The summed E-state index contributed by atoms with van der Waals surface area (Å²) < 4.78 is 14.6. The molecule has 1 aromatic heterocycles. The molecule has 1 amide bonds. The molecule has 122 valence electrons. The first-order chi connectivity index (χ1) is 11.6. The van der Waals surface area contributed by atoms with Crippen LogP contribution in [0.2, 0.25) is 5.02 Å². The highest BCUT2D eigenvalue weighted by molar-refractivity contribution is 6.31. The van der Waals surface area contributed by atoms with Crippen molar-refractivity contribution in [2.75, 3.05) is 5.32 Å². The van der Waals surface area contributed by atoms with Crippen LogP contribution in [0.5, 0.6) is 0 Å². The number of hydrogen-bond acceptors (Lipinski definition) is 2. The van der Waals surface area contributed by atoms with Crippen LogP contribution in [0.1, 0.15) is 11.1 Å². The van der Waals surface area contributed by atoms with Gasteiger partial charge < -0.3 is 5.32 Å². The van der Waals surface area contributed by atoms with Crippen molar-refractivity contribution in [3.05, 3.63) is 82.8 Å². The van der Waals surface area contributed by atoms with E-state index < -0.39 is 0 Å². The van der Waals surface area contributed by atoms with Crippen molar-refractivity contribution in [1.82, 2.24) is 9.78 Å². The fraction of sp³-hybridized carbons (Fsp3) is 0.111. The van der Waals surface area contributed by atoms with Crippen LogP contribution in [0.15, 0.2) is 60.8 Å². The molecule has 0 aliphatic heterocycles. The summed E-state index contributed by atoms with van der Waals surface area (Å²) in [5.74, 6) is 0.0709. The van der Waals surface area contributed by atoms with E-state index in [1.54, 1.807) is 29.1 Å². The highest BCUT2D eigenvalue weighted by Gasteiger charge is 2.10. The Bertz CT molecular complexity index is 845. The third-order valence-corrected chi connectivity index (χ3v) is 3.91. The van der Waals surface area contributed by atoms with E-state index in [4.69, 9.17) is 11.6 Å². The van der Waals surface area contributed by atoms with Crippen LogP contribution < -0.4 is 5.32 Å². The van der Waals surface area contributed by atoms with Gasteiger partial charge in [-0.05, 0) is 29.3 Å². The summed E-state index contributed by atoms with van der Waals surface area (Å²) in [7, 11) is 0. The molecule has 6 heteroatoms. The molecule has 0 aliphatic rings. The molecule has 0 atom stereocenters. The third kappa shape index (κ3) is 4.00. The molecule has 1 N–H and O–H groups in total. The van der Waals surface area contributed by atoms with Gasteiger partial charge in [0.15, 0.2) is 0 Å². The minimum absolute atomic E-state index is 0.164. The molecule has 0 aliphatic carbocycles. The lowest BCUT2D eigenvalue weighted by Crippen LogP contribution is -2.18. The van der Waals surface area contributed by atoms with Crippen molar-refractivity contribution in [3.8, 4) is 0 Å². The first kappa shape index (κ1) is 16.2. The number of rotatable bonds is 5. The summed E-state index contributed by atoms with van der Waals surface area (Å²) in [5, 5.41) is 7.69. The van der Waals surface area contributed by atoms with Crippen molar-refractivity contribution in [3.63, 3.8) is 0 Å². The average Bonchev–Trinajstić information content (AvgIpc) is 2.99. The lowest BCUT2D eigenvalue weighted by Gasteiger charge is -2.10. The third-order valence-electron chi connectivity index (χ3n) is 3.54. The molecule has 0 saturated carbocycles. The molecule has 2 aromatic carbocycles. The molecule has 4 nitrogen and oxygen atoms in total. The SMILES string of the molecule is O=C(Cc1ccc(F)cc1)Nc1ccnn1Cc1ccccc1Cl. The fourth-order valence-corrected chi connectivity index (χ4v) is 2.52. The Balaban J connectivity index is 1.68. The van der Waals surface area contributed by atoms with Crippen molar-refractivity contribution in [2.45, 2.75) is 13.0 Å². The van der Waals surface area contributed by atoms with Crippen LogP contribution in [-0.2, 0) is 17.8 Å². The highest BCUT2D eigenvalue weighted by Crippen LogP contribution is 2.18. The number of nitrogens with one attached hydrogen (secondary N) is 1. The molecule has 1 heterocycles. The van der Waals surface area contributed by atoms with Gasteiger partial charge in [-0.2, -0.15) is 5.10 Å². The maximum Gasteiger partial charge on any atom is 0.229 e. The first-order valence-corrected chi connectivity index (χ1v) is 7.79. The lowest BCUT2D eigenvalue weighted by molar-refractivity contribution is -0.115. The fourth-order valence-electron chi connectivity index (χ4n) is 2.33. The highest BCUT2D eigenvalue weighted by atomic mass is 35.5. The summed E-state index contributed by atoms with van der Waals surface area (Å²) >= 11 is 6.16. The van der Waals surface area contributed by atoms with Crippen molar-refractivity contribution >= 4 is 23.3 Å². The van der Waals surface area contributed by atoms with Crippen molar-refractivity contribution in [2.24, 2.45) is 0 Å². The number of benzene rings is 2. The second-order valence-electron chi connectivity index (χ2n) is 5.32. The number of hydrogen-bond donors (Lipinski definition) is 1. The van der Waals surface area contributed by atoms with E-state index in [0.29, 0.717) is 17.4 Å². The van der Waals surface area contributed by atoms with Gasteiger partial charge in [-0.15, -0.1) is 0 Å². The summed E-state index contributed by atoms with van der Waals surface area (Å²) in [4.78, 5) is 12.2. The monoisotopic (exact) mass is 343 g/mol. The first-order valence-electron chi connectivity index (χ1n) is 7.41. The number of anilines is 1. The Hall–Kier alpha value is -2.66. The number of halogens is 2. The van der Waals surface area contributed by atoms with Gasteiger partial charge in [-0.1, -0.05) is 41.9 Å². The van der Waals surface area contributed by atoms with Crippen LogP contribution in [-0.4, -0.2) is 15.7 Å². The predicted octanol–water partition coefficient (Wildman–Crippen LogP) is 3.91. The molecule has 3 rings (SSSR count). The molecule has 3 aromatic rings. The standard InChI is InChI=1S/C18H15ClFN3O/c19-16-4-2-1-3-14(16)12-23-17(9-10-21-23)22-18(24)11-13-5-7-15(20)8-6-13/h1-10H,11-12H2,(H,22,24). The van der Waals surface area contributed by atoms with E-state index in [1.807, 2.05) is 24.3 Å². The van der Waals surface area contributed by atoms with E-state index >= 15 is 0 Å². The van der Waals surface area contributed by atoms with Crippen molar-refractivity contribution < 1.29 is 9.18 Å². The summed E-state index contributed by atoms with van der Waals surface area (Å²) in [6, 6.07) is 15.1. The lowest BCUT2D eigenvalue weighted by atomic mass is 10.1. The quantitative estimate of drug-likeness (QED) is 0.763. The molecule has 0 fully saturated rings. The van der Waals surface area contributed by atoms with Crippen LogP contribution in [0, 0.1) is 5.82 Å². The Morgan fingerprint density at radius 1 is 1.12 bits per heavy atom. The van der Waals surface area contributed by atoms with Gasteiger partial charge in [-0.25, -0.2) is 9.07 Å². The number of carbonyl (C=O) groups excluding carboxylic acids is 1. The Kier molecular flexibility index (Phi) is 4.91. The minimum Gasteiger partial charge on any atom is -0.311 e. The second-order valence-corrected chi connectivity index (χ2v) is 5.72. The normalized spacial score (nSPS) is 10.6. The zero-order valence-electron chi connectivity index (χ0n) is 12.7. The van der Waals surface area contributed by atoms with E-state index in [9.17, 15) is 9.18 Å². The van der Waals surface area contributed by atoms with E-state index in [-0.39, 0.29) is 18.1 Å². The van der Waals surface area contributed by atoms with Crippen LogP contribution in [0.4, 0.5) is 10.2 Å². The van der Waals surface area contributed by atoms with E-state index in [0.717, 1.165) is 11.1 Å². The maximum atomic E-state index is 12.9. The van der Waals surface area contributed by atoms with Gasteiger partial charge >= 0.3 is 0 Å². The van der Waals surface area contributed by atoms with Gasteiger partial charge in [0.25, 0.3) is 0 Å². The van der Waals surface area contributed by atoms with Gasteiger partial charge in [-0.3, -0.25) is 4.79 Å². The molecular weight excluding hydrogens is 329 g/mol. The Morgan fingerprint density at radius 3 is 2.62 bits per heavy atom. The molecule has 0 unspecified atom stereocenters. The summed E-state index contributed by atoms with van der Waals surface area (Å²) in [5.41, 5.74) is 1.66. The Labute approximate surface area is 143 Å². The molecule has 0 radical (unpaired) electrons. The smallest absolute Gasteiger partial charge is 0.229 e.